The minimum Gasteiger partial charge on any atom is -0.385 e. The van der Waals surface area contributed by atoms with Gasteiger partial charge in [-0.3, -0.25) is 4.79 Å². The van der Waals surface area contributed by atoms with Gasteiger partial charge in [0, 0.05) is 37.4 Å². The summed E-state index contributed by atoms with van der Waals surface area (Å²) in [5, 5.41) is 9.70. The second kappa shape index (κ2) is 6.79. The van der Waals surface area contributed by atoms with Crippen molar-refractivity contribution in [2.24, 2.45) is 0 Å². The second-order valence-electron chi connectivity index (χ2n) is 6.65. The fourth-order valence-corrected chi connectivity index (χ4v) is 3.40. The molecule has 2 N–H and O–H groups in total. The molecule has 3 unspecified atom stereocenters. The normalized spacial score (nSPS) is 22.1. The molecule has 2 aromatic rings. The number of aliphatic hydroxyl groups is 1. The van der Waals surface area contributed by atoms with Crippen LogP contribution in [0, 0.1) is 6.92 Å². The molecule has 8 heteroatoms. The fraction of sp³-hybridized carbons (Fsp3) is 0.529. The number of aromatic amines is 1. The first-order valence-corrected chi connectivity index (χ1v) is 8.47. The van der Waals surface area contributed by atoms with Gasteiger partial charge >= 0.3 is 0 Å². The lowest BCUT2D eigenvalue weighted by molar-refractivity contribution is 0.189. The van der Waals surface area contributed by atoms with Crippen molar-refractivity contribution in [1.82, 2.24) is 19.9 Å². The van der Waals surface area contributed by atoms with E-state index in [0.29, 0.717) is 17.5 Å². The third-order valence-corrected chi connectivity index (χ3v) is 4.39. The van der Waals surface area contributed by atoms with Crippen LogP contribution < -0.4 is 15.4 Å². The predicted octanol–water partition coefficient (Wildman–Crippen LogP) is 1.03. The zero-order chi connectivity index (χ0) is 18.1. The Morgan fingerprint density at radius 2 is 1.92 bits per heavy atom. The maximum absolute atomic E-state index is 11.8. The number of aliphatic hydroxyl groups excluding tert-OH is 1. The van der Waals surface area contributed by atoms with Gasteiger partial charge in [-0.25, -0.2) is 15.0 Å². The Balaban J connectivity index is 1.85. The largest absolute Gasteiger partial charge is 0.385 e. The van der Waals surface area contributed by atoms with Crippen molar-refractivity contribution < 1.29 is 5.11 Å². The molecule has 3 heterocycles. The number of piperazine rings is 1. The van der Waals surface area contributed by atoms with Crippen LogP contribution in [0.3, 0.4) is 0 Å². The monoisotopic (exact) mass is 344 g/mol. The zero-order valence-corrected chi connectivity index (χ0v) is 15.0. The fourth-order valence-electron chi connectivity index (χ4n) is 3.40. The Morgan fingerprint density at radius 1 is 1.24 bits per heavy atom. The minimum atomic E-state index is -0.695. The summed E-state index contributed by atoms with van der Waals surface area (Å²) in [6.45, 7) is 9.15. The van der Waals surface area contributed by atoms with Gasteiger partial charge in [0.25, 0.3) is 5.56 Å². The van der Waals surface area contributed by atoms with Gasteiger partial charge in [-0.05, 0) is 33.8 Å². The molecule has 0 bridgehead atoms. The Kier molecular flexibility index (Phi) is 4.71. The maximum Gasteiger partial charge on any atom is 0.252 e. The van der Waals surface area contributed by atoms with Gasteiger partial charge in [0.15, 0.2) is 5.82 Å². The highest BCUT2D eigenvalue weighted by Gasteiger charge is 2.31. The minimum absolute atomic E-state index is 0.137. The lowest BCUT2D eigenvalue weighted by Crippen LogP contribution is -2.57. The lowest BCUT2D eigenvalue weighted by Gasteiger charge is -2.45. The third kappa shape index (κ3) is 3.63. The van der Waals surface area contributed by atoms with E-state index in [-0.39, 0.29) is 17.6 Å². The number of rotatable bonds is 3. The number of aryl methyl sites for hydroxylation is 1. The summed E-state index contributed by atoms with van der Waals surface area (Å²) in [6, 6.07) is 3.72. The van der Waals surface area contributed by atoms with E-state index >= 15 is 0 Å². The van der Waals surface area contributed by atoms with Crippen molar-refractivity contribution in [3.8, 4) is 0 Å². The van der Waals surface area contributed by atoms with Gasteiger partial charge in [-0.2, -0.15) is 0 Å². The van der Waals surface area contributed by atoms with Crippen LogP contribution in [0.2, 0.25) is 0 Å². The van der Waals surface area contributed by atoms with Crippen molar-refractivity contribution in [3.05, 3.63) is 40.3 Å². The molecule has 1 saturated heterocycles. The van der Waals surface area contributed by atoms with Crippen LogP contribution in [0.1, 0.15) is 38.5 Å². The molecule has 134 valence electrons. The molecule has 3 atom stereocenters. The van der Waals surface area contributed by atoms with Crippen molar-refractivity contribution >= 4 is 11.6 Å². The summed E-state index contributed by atoms with van der Waals surface area (Å²) in [4.78, 5) is 31.9. The summed E-state index contributed by atoms with van der Waals surface area (Å²) in [5.74, 6) is 2.54. The predicted molar refractivity (Wildman–Crippen MR) is 95.9 cm³/mol. The molecule has 1 aliphatic heterocycles. The van der Waals surface area contributed by atoms with Gasteiger partial charge in [-0.15, -0.1) is 0 Å². The van der Waals surface area contributed by atoms with Crippen LogP contribution in [0.25, 0.3) is 0 Å². The van der Waals surface area contributed by atoms with Crippen LogP contribution in [0.15, 0.2) is 23.1 Å². The van der Waals surface area contributed by atoms with Crippen LogP contribution >= 0.6 is 0 Å². The third-order valence-electron chi connectivity index (χ3n) is 4.39. The van der Waals surface area contributed by atoms with Crippen LogP contribution in [0.5, 0.6) is 0 Å². The summed E-state index contributed by atoms with van der Waals surface area (Å²) >= 11 is 0. The van der Waals surface area contributed by atoms with Crippen molar-refractivity contribution in [2.45, 2.75) is 45.9 Å². The lowest BCUT2D eigenvalue weighted by atomic mass is 10.1. The molecular formula is C17H24N6O2. The van der Waals surface area contributed by atoms with E-state index in [9.17, 15) is 9.90 Å². The standard InChI is InChI=1S/C17H24N6O2/c1-10-8-22(14-5-6-18-17(21-14)12(3)24)9-11(2)23(10)15-7-16(25)20-13(4)19-15/h5-7,10-12,24H,8-9H2,1-4H3,(H,19,20,25). The van der Waals surface area contributed by atoms with Crippen LogP contribution in [-0.2, 0) is 0 Å². The quantitative estimate of drug-likeness (QED) is 0.858. The van der Waals surface area contributed by atoms with E-state index in [2.05, 4.69) is 43.6 Å². The number of aromatic nitrogens is 4. The zero-order valence-electron chi connectivity index (χ0n) is 15.0. The molecule has 0 radical (unpaired) electrons. The Morgan fingerprint density at radius 3 is 2.52 bits per heavy atom. The van der Waals surface area contributed by atoms with Gasteiger partial charge < -0.3 is 19.9 Å². The van der Waals surface area contributed by atoms with Crippen molar-refractivity contribution in [2.75, 3.05) is 22.9 Å². The average molecular weight is 344 g/mol. The highest BCUT2D eigenvalue weighted by Crippen LogP contribution is 2.25. The molecular weight excluding hydrogens is 320 g/mol. The van der Waals surface area contributed by atoms with Gasteiger partial charge in [0.2, 0.25) is 0 Å². The van der Waals surface area contributed by atoms with Crippen molar-refractivity contribution in [1.29, 1.82) is 0 Å². The number of anilines is 2. The molecule has 1 aliphatic rings. The summed E-state index contributed by atoms with van der Waals surface area (Å²) < 4.78 is 0. The topological polar surface area (TPSA) is 98.2 Å². The van der Waals surface area contributed by atoms with Crippen molar-refractivity contribution in [3.63, 3.8) is 0 Å². The molecule has 3 rings (SSSR count). The molecule has 0 aromatic carbocycles. The van der Waals surface area contributed by atoms with E-state index in [4.69, 9.17) is 0 Å². The van der Waals surface area contributed by atoms with Gasteiger partial charge in [-0.1, -0.05) is 0 Å². The molecule has 0 saturated carbocycles. The van der Waals surface area contributed by atoms with E-state index in [1.54, 1.807) is 26.1 Å². The van der Waals surface area contributed by atoms with Crippen LogP contribution in [0.4, 0.5) is 11.6 Å². The molecule has 25 heavy (non-hydrogen) atoms. The first-order chi connectivity index (χ1) is 11.8. The average Bonchev–Trinajstić information content (AvgIpc) is 2.53. The van der Waals surface area contributed by atoms with E-state index < -0.39 is 6.10 Å². The number of hydrogen-bond donors (Lipinski definition) is 2. The van der Waals surface area contributed by atoms with Gasteiger partial charge in [0.1, 0.15) is 23.6 Å². The molecule has 0 aliphatic carbocycles. The van der Waals surface area contributed by atoms with Crippen LogP contribution in [-0.4, -0.2) is 50.2 Å². The molecule has 0 amide bonds. The second-order valence-corrected chi connectivity index (χ2v) is 6.65. The Labute approximate surface area is 146 Å². The SMILES string of the molecule is Cc1nc(N2C(C)CN(c3ccnc(C(C)O)n3)CC2C)cc(=O)[nH]1. The molecule has 2 aromatic heterocycles. The van der Waals surface area contributed by atoms with E-state index in [1.807, 2.05) is 6.07 Å². The number of nitrogens with zero attached hydrogens (tertiary/aromatic N) is 5. The number of hydrogen-bond acceptors (Lipinski definition) is 7. The number of H-pyrrole nitrogens is 1. The molecule has 0 spiro atoms. The first-order valence-electron chi connectivity index (χ1n) is 8.47. The smallest absolute Gasteiger partial charge is 0.252 e. The maximum atomic E-state index is 11.8. The molecule has 8 nitrogen and oxygen atoms in total. The Bertz CT molecular complexity index is 794. The number of nitrogens with one attached hydrogen (secondary N) is 1. The summed E-state index contributed by atoms with van der Waals surface area (Å²) in [7, 11) is 0. The molecule has 1 fully saturated rings. The Hall–Kier alpha value is -2.48. The van der Waals surface area contributed by atoms with Gasteiger partial charge in [0.05, 0.1) is 0 Å². The van der Waals surface area contributed by atoms with E-state index in [0.717, 1.165) is 18.9 Å². The highest BCUT2D eigenvalue weighted by molar-refractivity contribution is 5.47. The summed E-state index contributed by atoms with van der Waals surface area (Å²) in [5.41, 5.74) is -0.137. The first kappa shape index (κ1) is 17.3. The van der Waals surface area contributed by atoms with E-state index in [1.165, 1.54) is 0 Å². The highest BCUT2D eigenvalue weighted by atomic mass is 16.3. The summed E-state index contributed by atoms with van der Waals surface area (Å²) in [6.07, 6.45) is 0.979.